The number of thiazole rings is 1. The minimum atomic E-state index is -0.125. The van der Waals surface area contributed by atoms with Crippen LogP contribution in [0.5, 0.6) is 0 Å². The van der Waals surface area contributed by atoms with Crippen molar-refractivity contribution in [2.24, 2.45) is 0 Å². The smallest absolute Gasteiger partial charge is 0.254 e. The molecule has 0 bridgehead atoms. The number of aromatic nitrogens is 1. The largest absolute Gasteiger partial charge is 0.383 e. The molecular formula is C25H30N4O3S2. The van der Waals surface area contributed by atoms with Gasteiger partial charge in [-0.15, -0.1) is 22.7 Å². The number of benzene rings is 1. The molecule has 180 valence electrons. The molecule has 2 N–H and O–H groups in total. The summed E-state index contributed by atoms with van der Waals surface area (Å²) in [5.74, 6) is -0.196. The number of likely N-dealkylation sites (tertiary alicyclic amines) is 1. The summed E-state index contributed by atoms with van der Waals surface area (Å²) in [6.07, 6.45) is 6.12. The molecule has 1 aliphatic carbocycles. The first-order valence-corrected chi connectivity index (χ1v) is 13.6. The van der Waals surface area contributed by atoms with Crippen molar-refractivity contribution < 1.29 is 14.3 Å². The van der Waals surface area contributed by atoms with Crippen molar-refractivity contribution in [1.82, 2.24) is 15.2 Å². The quantitative estimate of drug-likeness (QED) is 0.450. The SMILES string of the molecule is COCCNC(=O)c1c(NC(=O)CN2CCC[C@H]2c2nc3ccccc3s2)sc2c1CCCC2. The van der Waals surface area contributed by atoms with Crippen LogP contribution in [-0.4, -0.2) is 55.0 Å². The van der Waals surface area contributed by atoms with Crippen LogP contribution in [0.25, 0.3) is 10.2 Å². The highest BCUT2D eigenvalue weighted by Gasteiger charge is 2.31. The van der Waals surface area contributed by atoms with Crippen molar-refractivity contribution in [3.8, 4) is 0 Å². The van der Waals surface area contributed by atoms with Crippen molar-refractivity contribution in [2.75, 3.05) is 38.7 Å². The first kappa shape index (κ1) is 23.4. The number of aryl methyl sites for hydroxylation is 1. The summed E-state index contributed by atoms with van der Waals surface area (Å²) in [6, 6.07) is 8.35. The van der Waals surface area contributed by atoms with Crippen LogP contribution < -0.4 is 10.6 Å². The lowest BCUT2D eigenvalue weighted by Gasteiger charge is -2.22. The molecule has 3 heterocycles. The normalized spacial score (nSPS) is 18.2. The highest BCUT2D eigenvalue weighted by molar-refractivity contribution is 7.18. The van der Waals surface area contributed by atoms with Gasteiger partial charge in [0.25, 0.3) is 5.91 Å². The van der Waals surface area contributed by atoms with Crippen molar-refractivity contribution in [2.45, 2.75) is 44.6 Å². The Hall–Kier alpha value is -2.33. The van der Waals surface area contributed by atoms with E-state index in [9.17, 15) is 9.59 Å². The summed E-state index contributed by atoms with van der Waals surface area (Å²) in [6.45, 7) is 2.08. The second-order valence-electron chi connectivity index (χ2n) is 8.86. The minimum absolute atomic E-state index is 0.0717. The fourth-order valence-electron chi connectivity index (χ4n) is 4.93. The van der Waals surface area contributed by atoms with E-state index >= 15 is 0 Å². The molecule has 2 aromatic heterocycles. The van der Waals surface area contributed by atoms with Gasteiger partial charge in [0.1, 0.15) is 10.0 Å². The molecule has 34 heavy (non-hydrogen) atoms. The maximum Gasteiger partial charge on any atom is 0.254 e. The minimum Gasteiger partial charge on any atom is -0.383 e. The zero-order chi connectivity index (χ0) is 23.5. The molecule has 0 saturated carbocycles. The van der Waals surface area contributed by atoms with Crippen molar-refractivity contribution in [3.63, 3.8) is 0 Å². The third-order valence-electron chi connectivity index (χ3n) is 6.55. The van der Waals surface area contributed by atoms with E-state index in [-0.39, 0.29) is 17.9 Å². The lowest BCUT2D eigenvalue weighted by molar-refractivity contribution is -0.117. The number of anilines is 1. The maximum absolute atomic E-state index is 13.2. The average molecular weight is 499 g/mol. The van der Waals surface area contributed by atoms with Gasteiger partial charge in [0, 0.05) is 18.5 Å². The number of nitrogens with one attached hydrogen (secondary N) is 2. The van der Waals surface area contributed by atoms with E-state index in [0.29, 0.717) is 30.3 Å². The first-order chi connectivity index (χ1) is 16.6. The standard InChI is InChI=1S/C25H30N4O3S2/c1-32-14-12-26-23(31)22-16-7-2-4-10-19(16)33-25(22)28-21(30)15-29-13-6-9-18(29)24-27-17-8-3-5-11-20(17)34-24/h3,5,8,11,18H,2,4,6-7,9-10,12-15H2,1H3,(H,26,31)(H,28,30)/t18-/m0/s1. The highest BCUT2D eigenvalue weighted by Crippen LogP contribution is 2.39. The van der Waals surface area contributed by atoms with Gasteiger partial charge in [-0.05, 0) is 62.8 Å². The Bertz CT molecular complexity index is 1160. The van der Waals surface area contributed by atoms with Crippen LogP contribution in [0.3, 0.4) is 0 Å². The van der Waals surface area contributed by atoms with Gasteiger partial charge in [0.2, 0.25) is 5.91 Å². The molecule has 0 radical (unpaired) electrons. The van der Waals surface area contributed by atoms with Crippen LogP contribution in [0.15, 0.2) is 24.3 Å². The van der Waals surface area contributed by atoms with E-state index in [1.54, 1.807) is 29.8 Å². The molecule has 2 aliphatic rings. The summed E-state index contributed by atoms with van der Waals surface area (Å²) >= 11 is 3.28. The Morgan fingerprint density at radius 3 is 2.88 bits per heavy atom. The zero-order valence-corrected chi connectivity index (χ0v) is 21.0. The molecule has 0 spiro atoms. The predicted molar refractivity (Wildman–Crippen MR) is 137 cm³/mol. The van der Waals surface area contributed by atoms with Crippen LogP contribution >= 0.6 is 22.7 Å². The lowest BCUT2D eigenvalue weighted by atomic mass is 9.95. The lowest BCUT2D eigenvalue weighted by Crippen LogP contribution is -2.33. The first-order valence-electron chi connectivity index (χ1n) is 11.9. The number of carbonyl (C=O) groups excluding carboxylic acids is 2. The highest BCUT2D eigenvalue weighted by atomic mass is 32.1. The average Bonchev–Trinajstić information content (AvgIpc) is 3.55. The Morgan fingerprint density at radius 2 is 2.03 bits per heavy atom. The molecule has 3 aromatic rings. The van der Waals surface area contributed by atoms with Crippen molar-refractivity contribution in [3.05, 3.63) is 45.3 Å². The Morgan fingerprint density at radius 1 is 1.18 bits per heavy atom. The van der Waals surface area contributed by atoms with Crippen LogP contribution in [0.2, 0.25) is 0 Å². The van der Waals surface area contributed by atoms with E-state index in [1.807, 2.05) is 18.2 Å². The van der Waals surface area contributed by atoms with Crippen LogP contribution in [0.4, 0.5) is 5.00 Å². The van der Waals surface area contributed by atoms with E-state index in [1.165, 1.54) is 9.58 Å². The summed E-state index contributed by atoms with van der Waals surface area (Å²) in [4.78, 5) is 34.4. The number of methoxy groups -OCH3 is 1. The molecule has 1 saturated heterocycles. The summed E-state index contributed by atoms with van der Waals surface area (Å²) in [5, 5.41) is 7.79. The number of carbonyl (C=O) groups is 2. The summed E-state index contributed by atoms with van der Waals surface area (Å²) < 4.78 is 6.25. The van der Waals surface area contributed by atoms with Gasteiger partial charge in [-0.1, -0.05) is 12.1 Å². The van der Waals surface area contributed by atoms with E-state index in [2.05, 4.69) is 21.6 Å². The third kappa shape index (κ3) is 4.88. The maximum atomic E-state index is 13.2. The molecule has 5 rings (SSSR count). The van der Waals surface area contributed by atoms with Gasteiger partial charge in [0.05, 0.1) is 35.0 Å². The number of ether oxygens (including phenoxy) is 1. The molecule has 1 aliphatic heterocycles. The van der Waals surface area contributed by atoms with Gasteiger partial charge >= 0.3 is 0 Å². The van der Waals surface area contributed by atoms with E-state index in [4.69, 9.17) is 9.72 Å². The fourth-order valence-corrected chi connectivity index (χ4v) is 7.37. The number of nitrogens with zero attached hydrogens (tertiary/aromatic N) is 2. The van der Waals surface area contributed by atoms with Crippen LogP contribution in [0.1, 0.15) is 57.5 Å². The zero-order valence-electron chi connectivity index (χ0n) is 19.4. The number of hydrogen-bond acceptors (Lipinski definition) is 7. The number of rotatable bonds is 8. The monoisotopic (exact) mass is 498 g/mol. The van der Waals surface area contributed by atoms with Gasteiger partial charge in [-0.2, -0.15) is 0 Å². The topological polar surface area (TPSA) is 83.6 Å². The van der Waals surface area contributed by atoms with Gasteiger partial charge in [-0.25, -0.2) is 4.98 Å². The third-order valence-corrected chi connectivity index (χ3v) is 8.89. The van der Waals surface area contributed by atoms with E-state index in [0.717, 1.165) is 61.2 Å². The van der Waals surface area contributed by atoms with Crippen LogP contribution in [0, 0.1) is 0 Å². The summed E-state index contributed by atoms with van der Waals surface area (Å²) in [7, 11) is 1.62. The molecule has 2 amide bonds. The number of hydrogen-bond donors (Lipinski definition) is 2. The number of thiophene rings is 1. The number of fused-ring (bicyclic) bond motifs is 2. The molecular weight excluding hydrogens is 468 g/mol. The fraction of sp³-hybridized carbons (Fsp3) is 0.480. The number of amides is 2. The van der Waals surface area contributed by atoms with Crippen molar-refractivity contribution in [1.29, 1.82) is 0 Å². The summed E-state index contributed by atoms with van der Waals surface area (Å²) in [5.41, 5.74) is 2.77. The second kappa shape index (κ2) is 10.5. The predicted octanol–water partition coefficient (Wildman–Crippen LogP) is 4.39. The van der Waals surface area contributed by atoms with Gasteiger partial charge in [0.15, 0.2) is 0 Å². The van der Waals surface area contributed by atoms with Gasteiger partial charge in [-0.3, -0.25) is 14.5 Å². The molecule has 1 atom stereocenters. The molecule has 9 heteroatoms. The Labute approximate surface area is 207 Å². The van der Waals surface area contributed by atoms with Crippen molar-refractivity contribution >= 4 is 49.7 Å². The molecule has 1 fully saturated rings. The van der Waals surface area contributed by atoms with E-state index < -0.39 is 0 Å². The Kier molecular flexibility index (Phi) is 7.24. The second-order valence-corrected chi connectivity index (χ2v) is 11.0. The Balaban J connectivity index is 1.31. The molecule has 7 nitrogen and oxygen atoms in total. The molecule has 1 aromatic carbocycles. The molecule has 0 unspecified atom stereocenters. The van der Waals surface area contributed by atoms with Crippen LogP contribution in [-0.2, 0) is 22.4 Å². The van der Waals surface area contributed by atoms with Gasteiger partial charge < -0.3 is 15.4 Å². The number of para-hydroxylation sites is 1.